The average molecular weight is 293 g/mol. The number of amidine groups is 1. The van der Waals surface area contributed by atoms with E-state index in [0.29, 0.717) is 21.0 Å². The van der Waals surface area contributed by atoms with E-state index in [1.165, 1.54) is 6.07 Å². The number of rotatable bonds is 1. The van der Waals surface area contributed by atoms with Gasteiger partial charge in [-0.25, -0.2) is 4.99 Å². The third kappa shape index (κ3) is 1.90. The Labute approximate surface area is 117 Å². The number of hydrogen-bond acceptors (Lipinski definition) is 5. The van der Waals surface area contributed by atoms with Crippen LogP contribution in [-0.4, -0.2) is 16.6 Å². The van der Waals surface area contributed by atoms with Crippen molar-refractivity contribution in [3.05, 3.63) is 35.2 Å². The highest BCUT2D eigenvalue weighted by molar-refractivity contribution is 7.20. The number of halogens is 2. The lowest BCUT2D eigenvalue weighted by molar-refractivity contribution is 0.0999. The van der Waals surface area contributed by atoms with E-state index in [4.69, 9.17) is 5.73 Å². The van der Waals surface area contributed by atoms with Gasteiger partial charge in [-0.15, -0.1) is 11.3 Å². The zero-order valence-electron chi connectivity index (χ0n) is 10.4. The highest BCUT2D eigenvalue weighted by Crippen LogP contribution is 2.43. The molecule has 0 spiro atoms. The van der Waals surface area contributed by atoms with Gasteiger partial charge in [-0.05, 0) is 24.6 Å². The number of carbonyl (C=O) groups is 1. The second-order valence-electron chi connectivity index (χ2n) is 4.41. The molecule has 1 aliphatic heterocycles. The lowest BCUT2D eigenvalue weighted by Crippen LogP contribution is -2.20. The number of nitrogens with two attached hydrogens (primary N) is 1. The smallest absolute Gasteiger partial charge is 0.224 e. The number of carbonyl (C=O) groups excluding carboxylic acids is 1. The third-order valence-electron chi connectivity index (χ3n) is 3.05. The van der Waals surface area contributed by atoms with Crippen LogP contribution in [0.25, 0.3) is 10.4 Å². The van der Waals surface area contributed by atoms with E-state index in [1.54, 1.807) is 6.92 Å². The maximum Gasteiger partial charge on any atom is 0.224 e. The zero-order valence-corrected chi connectivity index (χ0v) is 11.2. The fraction of sp³-hybridized carbons (Fsp3) is 0.154. The van der Waals surface area contributed by atoms with Crippen molar-refractivity contribution in [1.82, 2.24) is 4.98 Å². The minimum absolute atomic E-state index is 0.0637. The van der Waals surface area contributed by atoms with Crippen LogP contribution in [0, 0.1) is 18.8 Å². The van der Waals surface area contributed by atoms with E-state index in [1.807, 2.05) is 0 Å². The van der Waals surface area contributed by atoms with Crippen molar-refractivity contribution in [3.8, 4) is 10.4 Å². The summed E-state index contributed by atoms with van der Waals surface area (Å²) in [7, 11) is 0. The van der Waals surface area contributed by atoms with E-state index in [0.717, 1.165) is 17.4 Å². The van der Waals surface area contributed by atoms with Crippen LogP contribution in [-0.2, 0) is 0 Å². The summed E-state index contributed by atoms with van der Waals surface area (Å²) in [4.78, 5) is 19.8. The summed E-state index contributed by atoms with van der Waals surface area (Å²) in [5.74, 6) is -1.68. The number of fused-ring (bicyclic) bond motifs is 1. The van der Waals surface area contributed by atoms with Crippen LogP contribution in [0.1, 0.15) is 22.3 Å². The highest BCUT2D eigenvalue weighted by atomic mass is 32.1. The number of nitrogens with zero attached hydrogens (tertiary/aromatic N) is 2. The molecule has 0 amide bonds. The molecule has 1 aliphatic rings. The number of Topliss-reactive ketones (excluding diaryl/α,β-unsaturated/α-hetero) is 1. The SMILES string of the molecule is Cc1c(-c2ccc(F)nc2F)sc2c1C(=O)CC(N)=N2. The molecule has 0 bridgehead atoms. The molecule has 2 aromatic rings. The summed E-state index contributed by atoms with van der Waals surface area (Å²) < 4.78 is 26.6. The van der Waals surface area contributed by atoms with Crippen molar-refractivity contribution in [2.45, 2.75) is 13.3 Å². The largest absolute Gasteiger partial charge is 0.387 e. The van der Waals surface area contributed by atoms with Gasteiger partial charge >= 0.3 is 0 Å². The van der Waals surface area contributed by atoms with E-state index < -0.39 is 11.9 Å². The van der Waals surface area contributed by atoms with E-state index in [9.17, 15) is 13.6 Å². The highest BCUT2D eigenvalue weighted by Gasteiger charge is 2.27. The summed E-state index contributed by atoms with van der Waals surface area (Å²) in [5.41, 5.74) is 6.83. The van der Waals surface area contributed by atoms with Gasteiger partial charge in [0.15, 0.2) is 5.78 Å². The summed E-state index contributed by atoms with van der Waals surface area (Å²) in [6.45, 7) is 1.71. The molecule has 0 saturated carbocycles. The molecule has 0 fully saturated rings. The first kappa shape index (κ1) is 12.9. The molecule has 20 heavy (non-hydrogen) atoms. The number of hydrogen-bond donors (Lipinski definition) is 1. The van der Waals surface area contributed by atoms with Crippen molar-refractivity contribution >= 4 is 28.0 Å². The number of aliphatic imine (C=N–C) groups is 1. The van der Waals surface area contributed by atoms with Crippen molar-refractivity contribution in [1.29, 1.82) is 0 Å². The molecule has 3 rings (SSSR count). The lowest BCUT2D eigenvalue weighted by atomic mass is 10.0. The number of aromatic nitrogens is 1. The topological polar surface area (TPSA) is 68.3 Å². The Kier molecular flexibility index (Phi) is 2.86. The van der Waals surface area contributed by atoms with Crippen molar-refractivity contribution in [3.63, 3.8) is 0 Å². The second-order valence-corrected chi connectivity index (χ2v) is 5.41. The van der Waals surface area contributed by atoms with Gasteiger partial charge in [0, 0.05) is 10.4 Å². The molecule has 2 aromatic heterocycles. The molecule has 0 unspecified atom stereocenters. The first-order chi connectivity index (χ1) is 9.47. The fourth-order valence-corrected chi connectivity index (χ4v) is 3.41. The van der Waals surface area contributed by atoms with Crippen LogP contribution in [0.2, 0.25) is 0 Å². The van der Waals surface area contributed by atoms with Crippen molar-refractivity contribution in [2.75, 3.05) is 0 Å². The second kappa shape index (κ2) is 4.45. The number of ketones is 1. The van der Waals surface area contributed by atoms with Gasteiger partial charge < -0.3 is 5.73 Å². The van der Waals surface area contributed by atoms with Crippen LogP contribution in [0.3, 0.4) is 0 Å². The predicted octanol–water partition coefficient (Wildman–Crippen LogP) is 2.97. The van der Waals surface area contributed by atoms with Crippen LogP contribution < -0.4 is 5.73 Å². The monoisotopic (exact) mass is 293 g/mol. The van der Waals surface area contributed by atoms with Gasteiger partial charge in [0.2, 0.25) is 11.9 Å². The van der Waals surface area contributed by atoms with Crippen LogP contribution >= 0.6 is 11.3 Å². The Hall–Kier alpha value is -2.15. The molecular weight excluding hydrogens is 284 g/mol. The molecule has 3 heterocycles. The quantitative estimate of drug-likeness (QED) is 0.822. The van der Waals surface area contributed by atoms with Crippen LogP contribution in [0.5, 0.6) is 0 Å². The normalized spacial score (nSPS) is 14.2. The fourth-order valence-electron chi connectivity index (χ4n) is 2.17. The summed E-state index contributed by atoms with van der Waals surface area (Å²) in [6, 6.07) is 2.38. The number of pyridine rings is 1. The van der Waals surface area contributed by atoms with E-state index >= 15 is 0 Å². The van der Waals surface area contributed by atoms with Crippen molar-refractivity contribution in [2.24, 2.45) is 10.7 Å². The Morgan fingerprint density at radius 1 is 1.35 bits per heavy atom. The van der Waals surface area contributed by atoms with Crippen LogP contribution in [0.15, 0.2) is 17.1 Å². The zero-order chi connectivity index (χ0) is 14.4. The standard InChI is InChI=1S/C13H9F2N3OS/c1-5-10-7(19)4-9(16)18-13(10)20-11(5)6-2-3-8(14)17-12(6)15/h2-3H,4H2,1H3,(H2,16,18). The van der Waals surface area contributed by atoms with Gasteiger partial charge in [-0.3, -0.25) is 4.79 Å². The Morgan fingerprint density at radius 2 is 2.10 bits per heavy atom. The molecule has 7 heteroatoms. The van der Waals surface area contributed by atoms with Gasteiger partial charge in [0.25, 0.3) is 0 Å². The van der Waals surface area contributed by atoms with Crippen molar-refractivity contribution < 1.29 is 13.6 Å². The Bertz CT molecular complexity index is 767. The van der Waals surface area contributed by atoms with E-state index in [-0.39, 0.29) is 23.6 Å². The molecule has 0 saturated heterocycles. The summed E-state index contributed by atoms with van der Waals surface area (Å²) >= 11 is 1.15. The van der Waals surface area contributed by atoms with Gasteiger partial charge in [-0.1, -0.05) is 0 Å². The molecule has 4 nitrogen and oxygen atoms in total. The third-order valence-corrected chi connectivity index (χ3v) is 4.27. The first-order valence-corrected chi connectivity index (χ1v) is 6.61. The molecular formula is C13H9F2N3OS. The summed E-state index contributed by atoms with van der Waals surface area (Å²) in [6.07, 6.45) is 0.0637. The maximum atomic E-state index is 13.8. The minimum atomic E-state index is -0.906. The van der Waals surface area contributed by atoms with Crippen LogP contribution in [0.4, 0.5) is 13.8 Å². The molecule has 0 radical (unpaired) electrons. The van der Waals surface area contributed by atoms with E-state index in [2.05, 4.69) is 9.98 Å². The molecule has 0 aliphatic carbocycles. The minimum Gasteiger partial charge on any atom is -0.387 e. The average Bonchev–Trinajstić information content (AvgIpc) is 2.66. The molecule has 2 N–H and O–H groups in total. The van der Waals surface area contributed by atoms with Gasteiger partial charge in [0.1, 0.15) is 10.8 Å². The Morgan fingerprint density at radius 3 is 2.80 bits per heavy atom. The van der Waals surface area contributed by atoms with Gasteiger partial charge in [0.05, 0.1) is 12.0 Å². The first-order valence-electron chi connectivity index (χ1n) is 5.79. The maximum absolute atomic E-state index is 13.8. The molecule has 0 atom stereocenters. The molecule has 0 aromatic carbocycles. The lowest BCUT2D eigenvalue weighted by Gasteiger charge is -2.07. The number of thiophene rings is 1. The summed E-state index contributed by atoms with van der Waals surface area (Å²) in [5, 5.41) is 0.468. The molecule has 102 valence electrons. The Balaban J connectivity index is 2.22. The predicted molar refractivity (Wildman–Crippen MR) is 72.4 cm³/mol. The van der Waals surface area contributed by atoms with Gasteiger partial charge in [-0.2, -0.15) is 13.8 Å².